The molecule has 288 valence electrons. The number of aryl methyl sites for hydroxylation is 2. The van der Waals surface area contributed by atoms with Gasteiger partial charge in [0.05, 0.1) is 34.1 Å². The molecule has 0 spiro atoms. The normalized spacial score (nSPS) is 15.4. The summed E-state index contributed by atoms with van der Waals surface area (Å²) in [5.74, 6) is -0.677. The first-order valence-corrected chi connectivity index (χ1v) is 21.8. The van der Waals surface area contributed by atoms with Crippen molar-refractivity contribution in [1.29, 1.82) is 0 Å². The molecule has 0 aromatic heterocycles. The molecular formula is C35H26N4O13S4. The molecule has 6 aromatic carbocycles. The van der Waals surface area contributed by atoms with Crippen molar-refractivity contribution in [2.75, 3.05) is 19.2 Å². The second-order valence-corrected chi connectivity index (χ2v) is 19.1. The number of aromatic hydroxyl groups is 2. The van der Waals surface area contributed by atoms with Crippen LogP contribution in [0.15, 0.2) is 105 Å². The molecule has 2 aliphatic heterocycles. The van der Waals surface area contributed by atoms with Crippen LogP contribution < -0.4 is 19.2 Å². The van der Waals surface area contributed by atoms with E-state index < -0.39 is 56.1 Å². The molecular weight excluding hydrogens is 813 g/mol. The van der Waals surface area contributed by atoms with E-state index in [9.17, 15) is 57.8 Å². The molecule has 17 nitrogen and oxygen atoms in total. The zero-order valence-electron chi connectivity index (χ0n) is 28.6. The van der Waals surface area contributed by atoms with E-state index in [-0.39, 0.29) is 88.1 Å². The number of benzene rings is 6. The number of urea groups is 1. The Morgan fingerprint density at radius 3 is 1.29 bits per heavy atom. The Labute approximate surface area is 318 Å². The number of hydrogen-bond donors (Lipinski definition) is 6. The largest absolute Gasteiger partial charge is 0.507 e. The molecule has 21 heteroatoms. The van der Waals surface area contributed by atoms with Crippen molar-refractivity contribution in [3.8, 4) is 11.5 Å². The molecule has 8 rings (SSSR count). The highest BCUT2D eigenvalue weighted by Crippen LogP contribution is 2.52. The van der Waals surface area contributed by atoms with Gasteiger partial charge in [-0.25, -0.2) is 30.2 Å². The Kier molecular flexibility index (Phi) is 7.93. The maximum Gasteiger partial charge on any atom is 0.323 e. The average Bonchev–Trinajstić information content (AvgIpc) is 3.35. The van der Waals surface area contributed by atoms with Gasteiger partial charge in [-0.2, -0.15) is 16.8 Å². The second-order valence-electron chi connectivity index (χ2n) is 12.9. The highest BCUT2D eigenvalue weighted by atomic mass is 32.2. The van der Waals surface area contributed by atoms with Gasteiger partial charge in [0.1, 0.15) is 31.1 Å². The first-order valence-electron chi connectivity index (χ1n) is 16.0. The van der Waals surface area contributed by atoms with Gasteiger partial charge in [-0.15, -0.1) is 0 Å². The van der Waals surface area contributed by atoms with Gasteiger partial charge in [-0.3, -0.25) is 9.11 Å². The summed E-state index contributed by atoms with van der Waals surface area (Å²) >= 11 is 0. The van der Waals surface area contributed by atoms with Gasteiger partial charge in [0.15, 0.2) is 0 Å². The molecule has 4 bridgehead atoms. The summed E-state index contributed by atoms with van der Waals surface area (Å²) in [5, 5.41) is 25.4. The Balaban J connectivity index is 1.20. The van der Waals surface area contributed by atoms with E-state index in [0.29, 0.717) is 0 Å². The number of sulfonamides is 2. The second kappa shape index (κ2) is 12.0. The maximum absolute atomic E-state index is 14.1. The molecule has 0 radical (unpaired) electrons. The number of carbonyl (C=O) groups excluding carboxylic acids is 1. The molecule has 0 atom stereocenters. The summed E-state index contributed by atoms with van der Waals surface area (Å²) < 4.78 is 127. The minimum Gasteiger partial charge on any atom is -0.507 e. The molecule has 2 amide bonds. The number of nitrogens with one attached hydrogen (secondary N) is 2. The molecule has 2 heterocycles. The number of fused-ring (bicyclic) bond motifs is 6. The smallest absolute Gasteiger partial charge is 0.323 e. The van der Waals surface area contributed by atoms with Crippen molar-refractivity contribution >= 4 is 102 Å². The topological polar surface area (TPSA) is 265 Å². The van der Waals surface area contributed by atoms with E-state index in [1.807, 2.05) is 0 Å². The first-order chi connectivity index (χ1) is 26.1. The minimum atomic E-state index is -4.82. The SMILES string of the molecule is Cc1ccc2c(NC(=O)Nc3c4ccc(C)c3S(=O)(=O)N4c3ccc4c(O)ccc(S(=O)(=O)O)c4c3)c1S(=O)(=O)N2c1ccc2c(O)ccc(S(=O)(=O)O)c2c1. The van der Waals surface area contributed by atoms with Crippen LogP contribution in [0.4, 0.5) is 38.9 Å². The Morgan fingerprint density at radius 2 is 0.929 bits per heavy atom. The van der Waals surface area contributed by atoms with E-state index in [4.69, 9.17) is 0 Å². The van der Waals surface area contributed by atoms with Crippen molar-refractivity contribution in [2.45, 2.75) is 33.4 Å². The van der Waals surface area contributed by atoms with Crippen LogP contribution in [0.1, 0.15) is 11.1 Å². The third-order valence-electron chi connectivity index (χ3n) is 9.48. The fourth-order valence-corrected chi connectivity index (χ4v) is 12.3. The molecule has 0 aliphatic carbocycles. The quantitative estimate of drug-likeness (QED) is 0.108. The summed E-state index contributed by atoms with van der Waals surface area (Å²) in [6.07, 6.45) is 0. The predicted molar refractivity (Wildman–Crippen MR) is 205 cm³/mol. The zero-order valence-corrected chi connectivity index (χ0v) is 31.8. The van der Waals surface area contributed by atoms with Crippen molar-refractivity contribution in [2.24, 2.45) is 0 Å². The van der Waals surface area contributed by atoms with Crippen LogP contribution >= 0.6 is 0 Å². The van der Waals surface area contributed by atoms with Crippen LogP contribution in [0.25, 0.3) is 21.5 Å². The fourth-order valence-electron chi connectivity index (χ4n) is 7.14. The van der Waals surface area contributed by atoms with Gasteiger partial charge in [0, 0.05) is 21.5 Å². The van der Waals surface area contributed by atoms with Crippen molar-refractivity contribution in [3.63, 3.8) is 0 Å². The highest BCUT2D eigenvalue weighted by Gasteiger charge is 2.43. The van der Waals surface area contributed by atoms with Crippen LogP contribution in [0.2, 0.25) is 0 Å². The Morgan fingerprint density at radius 1 is 0.554 bits per heavy atom. The number of nitrogens with zero attached hydrogens (tertiary/aromatic N) is 2. The number of carbonyl (C=O) groups is 1. The Bertz CT molecular complexity index is 3050. The molecule has 56 heavy (non-hydrogen) atoms. The van der Waals surface area contributed by atoms with Crippen LogP contribution in [0.5, 0.6) is 11.5 Å². The van der Waals surface area contributed by atoms with E-state index in [1.54, 1.807) is 0 Å². The number of amides is 2. The summed E-state index contributed by atoms with van der Waals surface area (Å²) in [5.41, 5.74) is -0.337. The van der Waals surface area contributed by atoms with Gasteiger partial charge in [0.2, 0.25) is 0 Å². The summed E-state index contributed by atoms with van der Waals surface area (Å²) in [4.78, 5) is 12.0. The van der Waals surface area contributed by atoms with Crippen LogP contribution in [-0.4, -0.2) is 59.0 Å². The lowest BCUT2D eigenvalue weighted by Crippen LogP contribution is -2.21. The van der Waals surface area contributed by atoms with E-state index in [0.717, 1.165) is 45.0 Å². The molecule has 0 unspecified atom stereocenters. The first kappa shape index (κ1) is 37.0. The minimum absolute atomic E-state index is 0.000994. The van der Waals surface area contributed by atoms with Crippen LogP contribution in [0, 0.1) is 13.8 Å². The summed E-state index contributed by atoms with van der Waals surface area (Å²) in [7, 11) is -18.6. The lowest BCUT2D eigenvalue weighted by atomic mass is 10.1. The number of phenolic OH excluding ortho intramolecular Hbond substituents is 2. The van der Waals surface area contributed by atoms with Crippen molar-refractivity contribution in [3.05, 3.63) is 96.1 Å². The lowest BCUT2D eigenvalue weighted by Gasteiger charge is -2.19. The number of anilines is 6. The maximum atomic E-state index is 14.1. The summed E-state index contributed by atoms with van der Waals surface area (Å²) in [6.45, 7) is 2.95. The van der Waals surface area contributed by atoms with Gasteiger partial charge < -0.3 is 20.8 Å². The highest BCUT2D eigenvalue weighted by molar-refractivity contribution is 7.94. The number of rotatable bonds is 6. The Hall–Kier alpha value is -5.97. The molecule has 6 aromatic rings. The average molecular weight is 839 g/mol. The van der Waals surface area contributed by atoms with Crippen LogP contribution in [-0.2, 0) is 40.3 Å². The van der Waals surface area contributed by atoms with Gasteiger partial charge in [-0.1, -0.05) is 12.1 Å². The number of phenols is 2. The third kappa shape index (κ3) is 5.42. The molecule has 0 saturated carbocycles. The van der Waals surface area contributed by atoms with Crippen molar-refractivity contribution < 1.29 is 57.8 Å². The van der Waals surface area contributed by atoms with E-state index in [1.165, 1.54) is 62.4 Å². The zero-order chi connectivity index (χ0) is 40.4. The van der Waals surface area contributed by atoms with Crippen LogP contribution in [0.3, 0.4) is 0 Å². The van der Waals surface area contributed by atoms with Gasteiger partial charge in [-0.05, 0) is 97.8 Å². The predicted octanol–water partition coefficient (Wildman–Crippen LogP) is 5.84. The fraction of sp³-hybridized carbons (Fsp3) is 0.0571. The third-order valence-corrected chi connectivity index (χ3v) is 15.2. The van der Waals surface area contributed by atoms with E-state index >= 15 is 0 Å². The van der Waals surface area contributed by atoms with Gasteiger partial charge in [0.25, 0.3) is 40.3 Å². The van der Waals surface area contributed by atoms with E-state index in [2.05, 4.69) is 10.6 Å². The monoisotopic (exact) mass is 838 g/mol. The molecule has 2 aliphatic rings. The molecule has 0 saturated heterocycles. The summed E-state index contributed by atoms with van der Waals surface area (Å²) in [6, 6.07) is 16.1. The molecule has 0 fully saturated rings. The lowest BCUT2D eigenvalue weighted by molar-refractivity contribution is 0.262. The van der Waals surface area contributed by atoms with Gasteiger partial charge >= 0.3 is 6.03 Å². The van der Waals surface area contributed by atoms with Crippen molar-refractivity contribution in [1.82, 2.24) is 0 Å². The molecule has 6 N–H and O–H groups in total. The number of hydrogen-bond acceptors (Lipinski definition) is 11. The standard InChI is InChI=1S/C35H26N4O13S4/c1-17-3-9-25-31(33(17)53(43,44)38(25)19-5-7-21-23(15-19)29(55(47,48)49)13-11-27(21)40)36-35(42)37-32-26-10-4-18(2)34(32)54(45,46)39(26)20-6-8-22-24(16-20)30(56(50,51)52)14-12-28(22)41/h3-16,40-41H,1-2H3,(H2,36,37,42)(H,47,48,49)(H,50,51,52).